The van der Waals surface area contributed by atoms with Gasteiger partial charge in [-0.1, -0.05) is 6.92 Å². The number of hydrogen-bond donors (Lipinski definition) is 1. The fourth-order valence-electron chi connectivity index (χ4n) is 2.27. The standard InChI is InChI=1S/C11H15F2N/c1-3-7-5-9(12)11-8(10(7)13)4-6(2)14-11/h5-6,9,11,14H,3-4H2,1-2H3. The molecule has 0 amide bonds. The predicted molar refractivity (Wildman–Crippen MR) is 52.4 cm³/mol. The minimum atomic E-state index is -1.07. The molecule has 1 heterocycles. The smallest absolute Gasteiger partial charge is 0.138 e. The Morgan fingerprint density at radius 2 is 2.29 bits per heavy atom. The summed E-state index contributed by atoms with van der Waals surface area (Å²) in [6, 6.07) is -0.232. The first-order chi connectivity index (χ1) is 6.63. The van der Waals surface area contributed by atoms with E-state index in [9.17, 15) is 8.78 Å². The van der Waals surface area contributed by atoms with Gasteiger partial charge in [0.2, 0.25) is 0 Å². The van der Waals surface area contributed by atoms with E-state index in [0.29, 0.717) is 24.0 Å². The van der Waals surface area contributed by atoms with Crippen molar-refractivity contribution in [2.75, 3.05) is 0 Å². The Bertz CT molecular complexity index is 306. The third-order valence-corrected chi connectivity index (χ3v) is 2.99. The van der Waals surface area contributed by atoms with Gasteiger partial charge in [-0.15, -0.1) is 0 Å². The van der Waals surface area contributed by atoms with Crippen LogP contribution in [0.5, 0.6) is 0 Å². The van der Waals surface area contributed by atoms with Gasteiger partial charge in [0.15, 0.2) is 0 Å². The van der Waals surface area contributed by atoms with Crippen molar-refractivity contribution in [3.8, 4) is 0 Å². The third-order valence-electron chi connectivity index (χ3n) is 2.99. The van der Waals surface area contributed by atoms with Gasteiger partial charge in [0.25, 0.3) is 0 Å². The zero-order valence-corrected chi connectivity index (χ0v) is 8.48. The average molecular weight is 199 g/mol. The van der Waals surface area contributed by atoms with Gasteiger partial charge in [-0.2, -0.15) is 0 Å². The molecule has 3 unspecified atom stereocenters. The van der Waals surface area contributed by atoms with Crippen molar-refractivity contribution in [1.29, 1.82) is 0 Å². The topological polar surface area (TPSA) is 12.0 Å². The van der Waals surface area contributed by atoms with Gasteiger partial charge in [-0.3, -0.25) is 0 Å². The molecule has 0 aromatic carbocycles. The summed E-state index contributed by atoms with van der Waals surface area (Å²) in [7, 11) is 0. The van der Waals surface area contributed by atoms with E-state index >= 15 is 0 Å². The number of alkyl halides is 1. The molecule has 1 N–H and O–H groups in total. The molecule has 0 saturated carbocycles. The van der Waals surface area contributed by atoms with Crippen LogP contribution in [0.3, 0.4) is 0 Å². The van der Waals surface area contributed by atoms with Crippen molar-refractivity contribution >= 4 is 0 Å². The molecule has 1 aliphatic heterocycles. The van der Waals surface area contributed by atoms with Gasteiger partial charge in [0, 0.05) is 6.04 Å². The van der Waals surface area contributed by atoms with E-state index in [1.165, 1.54) is 6.08 Å². The first-order valence-electron chi connectivity index (χ1n) is 5.13. The Kier molecular flexibility index (Phi) is 2.43. The maximum atomic E-state index is 13.8. The molecule has 0 bridgehead atoms. The molecule has 78 valence electrons. The molecule has 0 radical (unpaired) electrons. The van der Waals surface area contributed by atoms with Crippen LogP contribution in [0.4, 0.5) is 8.78 Å². The number of fused-ring (bicyclic) bond motifs is 1. The van der Waals surface area contributed by atoms with Crippen molar-refractivity contribution in [3.63, 3.8) is 0 Å². The molecule has 3 atom stereocenters. The number of rotatable bonds is 1. The maximum Gasteiger partial charge on any atom is 0.138 e. The summed E-state index contributed by atoms with van der Waals surface area (Å²) in [5, 5.41) is 3.06. The zero-order chi connectivity index (χ0) is 10.3. The highest BCUT2D eigenvalue weighted by Crippen LogP contribution is 2.36. The van der Waals surface area contributed by atoms with Crippen molar-refractivity contribution in [3.05, 3.63) is 23.0 Å². The summed E-state index contributed by atoms with van der Waals surface area (Å²) in [5.74, 6) is -0.178. The number of allylic oxidation sites excluding steroid dienone is 2. The number of halogens is 2. The van der Waals surface area contributed by atoms with E-state index in [0.717, 1.165) is 0 Å². The summed E-state index contributed by atoms with van der Waals surface area (Å²) in [4.78, 5) is 0. The molecule has 1 nitrogen and oxygen atoms in total. The summed E-state index contributed by atoms with van der Waals surface area (Å²) < 4.78 is 27.3. The summed E-state index contributed by atoms with van der Waals surface area (Å²) in [5.41, 5.74) is 1.16. The molecule has 2 aliphatic rings. The highest BCUT2D eigenvalue weighted by atomic mass is 19.1. The Balaban J connectivity index is 2.35. The molecule has 1 saturated heterocycles. The van der Waals surface area contributed by atoms with Crippen molar-refractivity contribution in [2.45, 2.75) is 44.9 Å². The fourth-order valence-corrected chi connectivity index (χ4v) is 2.27. The molecule has 0 aromatic rings. The lowest BCUT2D eigenvalue weighted by Crippen LogP contribution is -2.36. The molecule has 14 heavy (non-hydrogen) atoms. The lowest BCUT2D eigenvalue weighted by atomic mass is 9.91. The van der Waals surface area contributed by atoms with Gasteiger partial charge >= 0.3 is 0 Å². The van der Waals surface area contributed by atoms with Crippen LogP contribution in [0.15, 0.2) is 23.0 Å². The number of hydrogen-bond acceptors (Lipinski definition) is 1. The highest BCUT2D eigenvalue weighted by molar-refractivity contribution is 5.41. The Morgan fingerprint density at radius 3 is 2.93 bits per heavy atom. The Hall–Kier alpha value is -0.700. The summed E-state index contributed by atoms with van der Waals surface area (Å²) in [6.07, 6.45) is 1.55. The SMILES string of the molecule is CCC1=CC(F)C2NC(C)CC2=C1F. The second-order valence-corrected chi connectivity index (χ2v) is 4.08. The summed E-state index contributed by atoms with van der Waals surface area (Å²) in [6.45, 7) is 3.81. The lowest BCUT2D eigenvalue weighted by molar-refractivity contribution is 0.326. The van der Waals surface area contributed by atoms with E-state index in [2.05, 4.69) is 5.32 Å². The molecule has 0 spiro atoms. The van der Waals surface area contributed by atoms with E-state index in [4.69, 9.17) is 0 Å². The largest absolute Gasteiger partial charge is 0.305 e. The monoisotopic (exact) mass is 199 g/mol. The van der Waals surface area contributed by atoms with Crippen LogP contribution in [0.25, 0.3) is 0 Å². The minimum Gasteiger partial charge on any atom is -0.305 e. The van der Waals surface area contributed by atoms with Crippen LogP contribution in [0.1, 0.15) is 26.7 Å². The second kappa shape index (κ2) is 3.46. The van der Waals surface area contributed by atoms with Crippen LogP contribution >= 0.6 is 0 Å². The molecular weight excluding hydrogens is 184 g/mol. The zero-order valence-electron chi connectivity index (χ0n) is 8.48. The van der Waals surface area contributed by atoms with Crippen LogP contribution in [-0.2, 0) is 0 Å². The molecule has 0 aromatic heterocycles. The average Bonchev–Trinajstić information content (AvgIpc) is 2.54. The van der Waals surface area contributed by atoms with Crippen LogP contribution in [-0.4, -0.2) is 18.3 Å². The van der Waals surface area contributed by atoms with E-state index in [-0.39, 0.29) is 11.9 Å². The van der Waals surface area contributed by atoms with E-state index in [1.54, 1.807) is 0 Å². The van der Waals surface area contributed by atoms with Gasteiger partial charge < -0.3 is 5.32 Å². The third kappa shape index (κ3) is 1.40. The van der Waals surface area contributed by atoms with Crippen molar-refractivity contribution < 1.29 is 8.78 Å². The normalized spacial score (nSPS) is 37.1. The van der Waals surface area contributed by atoms with Crippen LogP contribution in [0.2, 0.25) is 0 Å². The van der Waals surface area contributed by atoms with Crippen LogP contribution in [0, 0.1) is 0 Å². The lowest BCUT2D eigenvalue weighted by Gasteiger charge is -2.22. The fraction of sp³-hybridized carbons (Fsp3) is 0.636. The molecule has 2 rings (SSSR count). The van der Waals surface area contributed by atoms with E-state index in [1.807, 2.05) is 13.8 Å². The maximum absolute atomic E-state index is 13.8. The minimum absolute atomic E-state index is 0.178. The highest BCUT2D eigenvalue weighted by Gasteiger charge is 2.37. The number of nitrogens with one attached hydrogen (secondary N) is 1. The quantitative estimate of drug-likeness (QED) is 0.684. The Morgan fingerprint density at radius 1 is 1.57 bits per heavy atom. The van der Waals surface area contributed by atoms with E-state index < -0.39 is 12.2 Å². The van der Waals surface area contributed by atoms with Crippen molar-refractivity contribution in [2.24, 2.45) is 0 Å². The summed E-state index contributed by atoms with van der Waals surface area (Å²) >= 11 is 0. The molecule has 1 fully saturated rings. The molecule has 3 heteroatoms. The van der Waals surface area contributed by atoms with Gasteiger partial charge in [0.1, 0.15) is 12.0 Å². The Labute approximate surface area is 82.9 Å². The van der Waals surface area contributed by atoms with Crippen molar-refractivity contribution in [1.82, 2.24) is 5.32 Å². The second-order valence-electron chi connectivity index (χ2n) is 4.08. The van der Waals surface area contributed by atoms with Gasteiger partial charge in [-0.05, 0) is 37.0 Å². The first-order valence-corrected chi connectivity index (χ1v) is 5.13. The van der Waals surface area contributed by atoms with Crippen LogP contribution < -0.4 is 5.32 Å². The van der Waals surface area contributed by atoms with Gasteiger partial charge in [0.05, 0.1) is 6.04 Å². The molecule has 1 aliphatic carbocycles. The predicted octanol–water partition coefficient (Wildman–Crippen LogP) is 2.65. The molecular formula is C11H15F2N. The first kappa shape index (κ1) is 9.84. The van der Waals surface area contributed by atoms with Gasteiger partial charge in [-0.25, -0.2) is 8.78 Å².